The van der Waals surface area contributed by atoms with E-state index < -0.39 is 5.91 Å². The summed E-state index contributed by atoms with van der Waals surface area (Å²) in [6.07, 6.45) is 4.06. The molecule has 1 aliphatic rings. The molecule has 4 rings (SSSR count). The smallest absolute Gasteiger partial charge is 0.260 e. The number of benzene rings is 2. The van der Waals surface area contributed by atoms with Gasteiger partial charge in [0.15, 0.2) is 5.13 Å². The van der Waals surface area contributed by atoms with Gasteiger partial charge in [-0.05, 0) is 66.6 Å². The molecule has 1 aromatic heterocycles. The summed E-state index contributed by atoms with van der Waals surface area (Å²) in [6, 6.07) is 12.9. The van der Waals surface area contributed by atoms with Crippen LogP contribution < -0.4 is 10.6 Å². The Morgan fingerprint density at radius 2 is 1.86 bits per heavy atom. The molecule has 5 nitrogen and oxygen atoms in total. The maximum absolute atomic E-state index is 13.3. The third kappa shape index (κ3) is 3.82. The number of nitrogens with zero attached hydrogens (tertiary/aromatic N) is 2. The largest absolute Gasteiger partial charge is 0.366 e. The van der Waals surface area contributed by atoms with E-state index in [1.54, 1.807) is 23.2 Å². The van der Waals surface area contributed by atoms with Crippen molar-refractivity contribution in [2.45, 2.75) is 19.8 Å². The second-order valence-corrected chi connectivity index (χ2v) is 8.02. The zero-order valence-electron chi connectivity index (χ0n) is 15.6. The second-order valence-electron chi connectivity index (χ2n) is 7.15. The minimum atomic E-state index is -0.452. The molecule has 3 aromatic rings. The SMILES string of the molecule is Cc1ccc(C(=O)N(CC2CC2)c2nccs2)cc1-c1ccc(C(N)=O)cc1. The van der Waals surface area contributed by atoms with E-state index >= 15 is 0 Å². The first-order valence-corrected chi connectivity index (χ1v) is 10.1. The summed E-state index contributed by atoms with van der Waals surface area (Å²) in [5.41, 5.74) is 9.40. The average molecular weight is 391 g/mol. The van der Waals surface area contributed by atoms with Crippen LogP contribution in [-0.4, -0.2) is 23.3 Å². The monoisotopic (exact) mass is 391 g/mol. The molecule has 2 N–H and O–H groups in total. The fourth-order valence-corrected chi connectivity index (χ4v) is 3.84. The van der Waals surface area contributed by atoms with Crippen LogP contribution in [0.4, 0.5) is 5.13 Å². The highest BCUT2D eigenvalue weighted by molar-refractivity contribution is 7.13. The minimum absolute atomic E-state index is 0.0307. The van der Waals surface area contributed by atoms with Crippen molar-refractivity contribution in [3.63, 3.8) is 0 Å². The molecular weight excluding hydrogens is 370 g/mol. The van der Waals surface area contributed by atoms with Gasteiger partial charge in [-0.3, -0.25) is 14.5 Å². The van der Waals surface area contributed by atoms with Gasteiger partial charge >= 0.3 is 0 Å². The van der Waals surface area contributed by atoms with Crippen LogP contribution in [0.5, 0.6) is 0 Å². The van der Waals surface area contributed by atoms with Crippen molar-refractivity contribution in [2.24, 2.45) is 11.7 Å². The molecule has 0 bridgehead atoms. The molecule has 142 valence electrons. The van der Waals surface area contributed by atoms with Crippen LogP contribution in [0.2, 0.25) is 0 Å². The van der Waals surface area contributed by atoms with Gasteiger partial charge < -0.3 is 5.73 Å². The molecule has 0 atom stereocenters. The topological polar surface area (TPSA) is 76.3 Å². The molecule has 1 fully saturated rings. The Morgan fingerprint density at radius 1 is 1.14 bits per heavy atom. The zero-order chi connectivity index (χ0) is 19.7. The predicted octanol–water partition coefficient (Wildman–Crippen LogP) is 4.27. The molecule has 0 aliphatic heterocycles. The first-order valence-electron chi connectivity index (χ1n) is 9.25. The zero-order valence-corrected chi connectivity index (χ0v) is 16.4. The number of hydrogen-bond acceptors (Lipinski definition) is 4. The van der Waals surface area contributed by atoms with Gasteiger partial charge in [0.05, 0.1) is 0 Å². The van der Waals surface area contributed by atoms with E-state index in [-0.39, 0.29) is 5.91 Å². The van der Waals surface area contributed by atoms with E-state index in [2.05, 4.69) is 4.98 Å². The van der Waals surface area contributed by atoms with Crippen molar-refractivity contribution < 1.29 is 9.59 Å². The Morgan fingerprint density at radius 3 is 2.46 bits per heavy atom. The van der Waals surface area contributed by atoms with Crippen molar-refractivity contribution in [1.29, 1.82) is 0 Å². The summed E-state index contributed by atoms with van der Waals surface area (Å²) in [5, 5.41) is 2.63. The van der Waals surface area contributed by atoms with Gasteiger partial charge in [-0.1, -0.05) is 18.2 Å². The lowest BCUT2D eigenvalue weighted by molar-refractivity contribution is 0.0982. The quantitative estimate of drug-likeness (QED) is 0.681. The van der Waals surface area contributed by atoms with Crippen molar-refractivity contribution in [3.05, 3.63) is 70.7 Å². The average Bonchev–Trinajstić information content (AvgIpc) is 3.36. The Labute approximate surface area is 167 Å². The van der Waals surface area contributed by atoms with Crippen LogP contribution in [0.15, 0.2) is 54.0 Å². The number of nitrogens with two attached hydrogens (primary N) is 1. The Bertz CT molecular complexity index is 1010. The highest BCUT2D eigenvalue weighted by Gasteiger charge is 2.29. The molecular formula is C22H21N3O2S. The van der Waals surface area contributed by atoms with Gasteiger partial charge in [0.2, 0.25) is 5.91 Å². The van der Waals surface area contributed by atoms with Crippen LogP contribution in [0, 0.1) is 12.8 Å². The number of anilines is 1. The number of aromatic nitrogens is 1. The lowest BCUT2D eigenvalue weighted by Gasteiger charge is -2.20. The fraction of sp³-hybridized carbons (Fsp3) is 0.227. The van der Waals surface area contributed by atoms with Crippen LogP contribution in [0.1, 0.15) is 39.1 Å². The summed E-state index contributed by atoms with van der Waals surface area (Å²) in [7, 11) is 0. The number of thiazole rings is 1. The predicted molar refractivity (Wildman–Crippen MR) is 112 cm³/mol. The van der Waals surface area contributed by atoms with Gasteiger partial charge in [0, 0.05) is 29.2 Å². The number of primary amides is 1. The van der Waals surface area contributed by atoms with Crippen molar-refractivity contribution in [3.8, 4) is 11.1 Å². The summed E-state index contributed by atoms with van der Waals surface area (Å²) in [6.45, 7) is 2.72. The van der Waals surface area contributed by atoms with Gasteiger partial charge in [0.25, 0.3) is 5.91 Å². The van der Waals surface area contributed by atoms with Crippen LogP contribution in [0.25, 0.3) is 11.1 Å². The maximum atomic E-state index is 13.3. The molecule has 1 heterocycles. The maximum Gasteiger partial charge on any atom is 0.260 e. The molecule has 0 spiro atoms. The molecule has 0 saturated heterocycles. The van der Waals surface area contributed by atoms with E-state index in [4.69, 9.17) is 5.73 Å². The molecule has 28 heavy (non-hydrogen) atoms. The molecule has 2 aromatic carbocycles. The standard InChI is InChI=1S/C22H21N3O2S/c1-14-2-5-18(12-19(14)16-6-8-17(9-7-16)20(23)26)21(27)25(13-15-3-4-15)22-24-10-11-28-22/h2,5-12,15H,3-4,13H2,1H3,(H2,23,26). The second kappa shape index (κ2) is 7.56. The minimum Gasteiger partial charge on any atom is -0.366 e. The molecule has 0 radical (unpaired) electrons. The van der Waals surface area contributed by atoms with Gasteiger partial charge in [0.1, 0.15) is 0 Å². The van der Waals surface area contributed by atoms with Gasteiger partial charge in [-0.15, -0.1) is 11.3 Å². The van der Waals surface area contributed by atoms with E-state index in [0.29, 0.717) is 23.6 Å². The molecule has 1 saturated carbocycles. The Balaban J connectivity index is 1.67. The number of rotatable bonds is 6. The van der Waals surface area contributed by atoms with E-state index in [1.807, 2.05) is 42.6 Å². The number of hydrogen-bond donors (Lipinski definition) is 1. The fourth-order valence-electron chi connectivity index (χ4n) is 3.19. The summed E-state index contributed by atoms with van der Waals surface area (Å²) >= 11 is 1.48. The molecule has 1 aliphatic carbocycles. The molecule has 6 heteroatoms. The number of carbonyl (C=O) groups excluding carboxylic acids is 2. The van der Waals surface area contributed by atoms with Crippen LogP contribution >= 0.6 is 11.3 Å². The highest BCUT2D eigenvalue weighted by Crippen LogP contribution is 2.33. The number of carbonyl (C=O) groups is 2. The van der Waals surface area contributed by atoms with Gasteiger partial charge in [-0.2, -0.15) is 0 Å². The summed E-state index contributed by atoms with van der Waals surface area (Å²) < 4.78 is 0. The van der Waals surface area contributed by atoms with E-state index in [1.165, 1.54) is 24.2 Å². The van der Waals surface area contributed by atoms with Crippen molar-refractivity contribution in [2.75, 3.05) is 11.4 Å². The third-order valence-electron chi connectivity index (χ3n) is 5.00. The van der Waals surface area contributed by atoms with Gasteiger partial charge in [-0.25, -0.2) is 4.98 Å². The van der Waals surface area contributed by atoms with Crippen molar-refractivity contribution >= 4 is 28.3 Å². The molecule has 0 unspecified atom stereocenters. The van der Waals surface area contributed by atoms with Crippen LogP contribution in [-0.2, 0) is 0 Å². The lowest BCUT2D eigenvalue weighted by atomic mass is 9.96. The summed E-state index contributed by atoms with van der Waals surface area (Å²) in [5.74, 6) is 0.0855. The Hall–Kier alpha value is -2.99. The van der Waals surface area contributed by atoms with Crippen LogP contribution in [0.3, 0.4) is 0 Å². The molecule has 2 amide bonds. The number of aryl methyl sites for hydroxylation is 1. The lowest BCUT2D eigenvalue weighted by Crippen LogP contribution is -2.32. The number of amides is 2. The first kappa shape index (κ1) is 18.4. The Kier molecular flexibility index (Phi) is 4.96. The third-order valence-corrected chi connectivity index (χ3v) is 5.79. The highest BCUT2D eigenvalue weighted by atomic mass is 32.1. The van der Waals surface area contributed by atoms with E-state index in [9.17, 15) is 9.59 Å². The first-order chi connectivity index (χ1) is 13.5. The van der Waals surface area contributed by atoms with Crippen molar-refractivity contribution in [1.82, 2.24) is 4.98 Å². The normalized spacial score (nSPS) is 13.3. The van der Waals surface area contributed by atoms with E-state index in [0.717, 1.165) is 21.8 Å². The summed E-state index contributed by atoms with van der Waals surface area (Å²) in [4.78, 5) is 30.7.